The molecule has 3 rings (SSSR count). The average molecular weight is 295 g/mol. The molecule has 3 aromatic rings. The van der Waals surface area contributed by atoms with Gasteiger partial charge in [-0.25, -0.2) is 0 Å². The van der Waals surface area contributed by atoms with E-state index < -0.39 is 0 Å². The number of aryl methyl sites for hydroxylation is 1. The summed E-state index contributed by atoms with van der Waals surface area (Å²) in [4.78, 5) is 12.1. The van der Waals surface area contributed by atoms with Crippen LogP contribution in [-0.4, -0.2) is 15.7 Å². The molecule has 0 aliphatic heterocycles. The van der Waals surface area contributed by atoms with Gasteiger partial charge in [0.1, 0.15) is 5.76 Å². The molecule has 1 aromatic carbocycles. The molecule has 0 saturated heterocycles. The molecule has 0 aliphatic carbocycles. The van der Waals surface area contributed by atoms with Gasteiger partial charge in [0.05, 0.1) is 18.4 Å². The van der Waals surface area contributed by atoms with E-state index in [9.17, 15) is 4.79 Å². The van der Waals surface area contributed by atoms with Gasteiger partial charge in [0.2, 0.25) is 0 Å². The van der Waals surface area contributed by atoms with Crippen molar-refractivity contribution in [3.63, 3.8) is 0 Å². The molecule has 5 nitrogen and oxygen atoms in total. The molecular weight excluding hydrogens is 278 g/mol. The summed E-state index contributed by atoms with van der Waals surface area (Å²) in [6.45, 7) is 2.94. The second kappa shape index (κ2) is 6.30. The Morgan fingerprint density at radius 3 is 2.73 bits per heavy atom. The zero-order valence-electron chi connectivity index (χ0n) is 12.3. The maximum absolute atomic E-state index is 12.1. The van der Waals surface area contributed by atoms with Crippen LogP contribution in [0.15, 0.2) is 59.5 Å². The molecule has 0 unspecified atom stereocenters. The number of hydrogen-bond donors (Lipinski definition) is 1. The van der Waals surface area contributed by atoms with Gasteiger partial charge < -0.3 is 9.73 Å². The number of furan rings is 1. The van der Waals surface area contributed by atoms with Crippen LogP contribution in [0.4, 0.5) is 0 Å². The lowest BCUT2D eigenvalue weighted by molar-refractivity contribution is 0.0949. The number of nitrogens with zero attached hydrogens (tertiary/aromatic N) is 2. The van der Waals surface area contributed by atoms with Crippen molar-refractivity contribution in [3.8, 4) is 0 Å². The van der Waals surface area contributed by atoms with E-state index in [0.29, 0.717) is 24.4 Å². The molecule has 1 N–H and O–H groups in total. The second-order valence-corrected chi connectivity index (χ2v) is 5.05. The van der Waals surface area contributed by atoms with Crippen LogP contribution in [0, 0.1) is 6.92 Å². The summed E-state index contributed by atoms with van der Waals surface area (Å²) in [5.41, 5.74) is 2.78. The Morgan fingerprint density at radius 2 is 2.05 bits per heavy atom. The molecule has 5 heteroatoms. The van der Waals surface area contributed by atoms with Crippen molar-refractivity contribution in [2.45, 2.75) is 20.0 Å². The monoisotopic (exact) mass is 295 g/mol. The number of hydrogen-bond acceptors (Lipinski definition) is 3. The molecular formula is C17H17N3O2. The van der Waals surface area contributed by atoms with Crippen LogP contribution in [0.3, 0.4) is 0 Å². The Morgan fingerprint density at radius 1 is 1.23 bits per heavy atom. The van der Waals surface area contributed by atoms with Crippen LogP contribution in [0.1, 0.15) is 27.2 Å². The van der Waals surface area contributed by atoms with Crippen LogP contribution in [-0.2, 0) is 13.1 Å². The van der Waals surface area contributed by atoms with Crippen molar-refractivity contribution >= 4 is 5.91 Å². The lowest BCUT2D eigenvalue weighted by atomic mass is 10.1. The van der Waals surface area contributed by atoms with E-state index in [2.05, 4.69) is 10.4 Å². The number of aromatic nitrogens is 2. The Bertz CT molecular complexity index is 760. The highest BCUT2D eigenvalue weighted by Gasteiger charge is 2.11. The second-order valence-electron chi connectivity index (χ2n) is 5.05. The molecule has 0 bridgehead atoms. The number of carbonyl (C=O) groups excluding carboxylic acids is 1. The van der Waals surface area contributed by atoms with Crippen LogP contribution in [0.2, 0.25) is 0 Å². The standard InChI is InChI=1S/C17H17N3O2/c1-13-16(7-10-22-13)17(21)18-11-14-5-2-3-6-15(14)12-20-9-4-8-19-20/h2-10H,11-12H2,1H3,(H,18,21). The molecule has 0 spiro atoms. The maximum atomic E-state index is 12.1. The fraction of sp³-hybridized carbons (Fsp3) is 0.176. The maximum Gasteiger partial charge on any atom is 0.255 e. The van der Waals surface area contributed by atoms with Crippen molar-refractivity contribution < 1.29 is 9.21 Å². The first-order valence-corrected chi connectivity index (χ1v) is 7.10. The minimum Gasteiger partial charge on any atom is -0.469 e. The third-order valence-electron chi connectivity index (χ3n) is 3.55. The fourth-order valence-electron chi connectivity index (χ4n) is 2.34. The summed E-state index contributed by atoms with van der Waals surface area (Å²) >= 11 is 0. The van der Waals surface area contributed by atoms with Gasteiger partial charge in [-0.1, -0.05) is 24.3 Å². The molecule has 0 aliphatic rings. The smallest absolute Gasteiger partial charge is 0.255 e. The van der Waals surface area contributed by atoms with E-state index in [-0.39, 0.29) is 5.91 Å². The molecule has 2 heterocycles. The lowest BCUT2D eigenvalue weighted by Crippen LogP contribution is -2.23. The number of benzene rings is 1. The first-order chi connectivity index (χ1) is 10.7. The van der Waals surface area contributed by atoms with E-state index in [1.54, 1.807) is 19.2 Å². The van der Waals surface area contributed by atoms with E-state index >= 15 is 0 Å². The average Bonchev–Trinajstić information content (AvgIpc) is 3.17. The molecule has 0 saturated carbocycles. The normalized spacial score (nSPS) is 10.6. The number of nitrogens with one attached hydrogen (secondary N) is 1. The summed E-state index contributed by atoms with van der Waals surface area (Å²) in [5, 5.41) is 7.15. The molecule has 1 amide bonds. The van der Waals surface area contributed by atoms with Gasteiger partial charge in [-0.3, -0.25) is 9.48 Å². The van der Waals surface area contributed by atoms with Crippen molar-refractivity contribution in [3.05, 3.63) is 77.5 Å². The first-order valence-electron chi connectivity index (χ1n) is 7.10. The quantitative estimate of drug-likeness (QED) is 0.787. The van der Waals surface area contributed by atoms with E-state index in [1.807, 2.05) is 41.2 Å². The highest BCUT2D eigenvalue weighted by Crippen LogP contribution is 2.12. The van der Waals surface area contributed by atoms with E-state index in [0.717, 1.165) is 11.1 Å². The van der Waals surface area contributed by atoms with Crippen LogP contribution in [0.25, 0.3) is 0 Å². The van der Waals surface area contributed by atoms with Crippen molar-refractivity contribution in [2.75, 3.05) is 0 Å². The lowest BCUT2D eigenvalue weighted by Gasteiger charge is -2.11. The van der Waals surface area contributed by atoms with Crippen molar-refractivity contribution in [2.24, 2.45) is 0 Å². The SMILES string of the molecule is Cc1occc1C(=O)NCc1ccccc1Cn1cccn1. The third-order valence-corrected chi connectivity index (χ3v) is 3.55. The zero-order valence-corrected chi connectivity index (χ0v) is 12.3. The third kappa shape index (κ3) is 3.09. The Labute approximate surface area is 128 Å². The summed E-state index contributed by atoms with van der Waals surface area (Å²) in [6.07, 6.45) is 5.20. The Balaban J connectivity index is 1.70. The van der Waals surface area contributed by atoms with Crippen LogP contribution < -0.4 is 5.32 Å². The van der Waals surface area contributed by atoms with Gasteiger partial charge in [0, 0.05) is 18.9 Å². The van der Waals surface area contributed by atoms with Crippen LogP contribution >= 0.6 is 0 Å². The first kappa shape index (κ1) is 14.1. The molecule has 0 fully saturated rings. The Kier molecular flexibility index (Phi) is 4.05. The van der Waals surface area contributed by atoms with Gasteiger partial charge in [0.25, 0.3) is 5.91 Å². The van der Waals surface area contributed by atoms with Crippen LogP contribution in [0.5, 0.6) is 0 Å². The molecule has 0 radical (unpaired) electrons. The van der Waals surface area contributed by atoms with E-state index in [1.165, 1.54) is 6.26 Å². The summed E-state index contributed by atoms with van der Waals surface area (Å²) in [6, 6.07) is 11.6. The van der Waals surface area contributed by atoms with Gasteiger partial charge in [-0.05, 0) is 30.2 Å². The summed E-state index contributed by atoms with van der Waals surface area (Å²) < 4.78 is 7.02. The van der Waals surface area contributed by atoms with Gasteiger partial charge >= 0.3 is 0 Å². The molecule has 112 valence electrons. The van der Waals surface area contributed by atoms with Gasteiger partial charge in [0.15, 0.2) is 0 Å². The van der Waals surface area contributed by atoms with Gasteiger partial charge in [-0.2, -0.15) is 5.10 Å². The minimum atomic E-state index is -0.125. The summed E-state index contributed by atoms with van der Waals surface area (Å²) in [7, 11) is 0. The highest BCUT2D eigenvalue weighted by atomic mass is 16.3. The predicted octanol–water partition coefficient (Wildman–Crippen LogP) is 2.76. The van der Waals surface area contributed by atoms with E-state index in [4.69, 9.17) is 4.42 Å². The predicted molar refractivity (Wildman–Crippen MR) is 82.4 cm³/mol. The minimum absolute atomic E-state index is 0.125. The largest absolute Gasteiger partial charge is 0.469 e. The zero-order chi connectivity index (χ0) is 15.4. The van der Waals surface area contributed by atoms with Gasteiger partial charge in [-0.15, -0.1) is 0 Å². The number of rotatable bonds is 5. The molecule has 2 aromatic heterocycles. The Hall–Kier alpha value is -2.82. The number of carbonyl (C=O) groups is 1. The molecule has 0 atom stereocenters. The highest BCUT2D eigenvalue weighted by molar-refractivity contribution is 5.94. The molecule has 22 heavy (non-hydrogen) atoms. The van der Waals surface area contributed by atoms with Crippen molar-refractivity contribution in [1.29, 1.82) is 0 Å². The number of amides is 1. The summed E-state index contributed by atoms with van der Waals surface area (Å²) in [5.74, 6) is 0.502. The topological polar surface area (TPSA) is 60.1 Å². The fourth-order valence-corrected chi connectivity index (χ4v) is 2.34. The van der Waals surface area contributed by atoms with Crippen molar-refractivity contribution in [1.82, 2.24) is 15.1 Å².